The molecule has 2 aromatic carbocycles. The summed E-state index contributed by atoms with van der Waals surface area (Å²) >= 11 is 8.32. The minimum atomic E-state index is -4.08. The van der Waals surface area contributed by atoms with E-state index >= 15 is 0 Å². The van der Waals surface area contributed by atoms with Crippen LogP contribution in [-0.2, 0) is 34.6 Å². The predicted molar refractivity (Wildman–Crippen MR) is 180 cm³/mol. The van der Waals surface area contributed by atoms with Gasteiger partial charge in [-0.25, -0.2) is 22.4 Å². The highest BCUT2D eigenvalue weighted by molar-refractivity contribution is 7.90. The molecule has 5 aromatic rings. The summed E-state index contributed by atoms with van der Waals surface area (Å²) in [5.74, 6) is 0.631. The minimum absolute atomic E-state index is 0.141. The lowest BCUT2D eigenvalue weighted by Gasteiger charge is -2.39. The predicted octanol–water partition coefficient (Wildman–Crippen LogP) is 6.82. The number of hydrogen-bond acceptors (Lipinski definition) is 10. The number of halogens is 1. The van der Waals surface area contributed by atoms with Crippen LogP contribution in [0.4, 0.5) is 0 Å². The lowest BCUT2D eigenvalue weighted by Crippen LogP contribution is -2.37. The second kappa shape index (κ2) is 13.3. The van der Waals surface area contributed by atoms with Gasteiger partial charge in [0, 0.05) is 30.5 Å². The molecule has 1 unspecified atom stereocenters. The first-order valence-electron chi connectivity index (χ1n) is 15.3. The first kappa shape index (κ1) is 32.2. The lowest BCUT2D eigenvalue weighted by atomic mass is 9.80. The molecule has 3 aromatic heterocycles. The number of nitrogens with zero attached hydrogens (tertiary/aromatic N) is 3. The number of thiazole rings is 1. The summed E-state index contributed by atoms with van der Waals surface area (Å²) in [6, 6.07) is 15.9. The summed E-state index contributed by atoms with van der Waals surface area (Å²) in [5.41, 5.74) is 2.49. The van der Waals surface area contributed by atoms with E-state index in [1.54, 1.807) is 37.6 Å². The van der Waals surface area contributed by atoms with Crippen LogP contribution in [0.3, 0.4) is 0 Å². The Morgan fingerprint density at radius 3 is 2.53 bits per heavy atom. The van der Waals surface area contributed by atoms with Crippen LogP contribution in [0.5, 0.6) is 5.75 Å². The summed E-state index contributed by atoms with van der Waals surface area (Å²) in [5, 5.41) is 1.82. The Morgan fingerprint density at radius 1 is 1.06 bits per heavy atom. The Labute approximate surface area is 282 Å². The zero-order chi connectivity index (χ0) is 32.6. The maximum absolute atomic E-state index is 14.4. The third kappa shape index (κ3) is 6.19. The molecule has 4 heterocycles. The van der Waals surface area contributed by atoms with Gasteiger partial charge in [-0.2, -0.15) is 0 Å². The monoisotopic (exact) mass is 695 g/mol. The number of rotatable bonds is 11. The molecule has 0 radical (unpaired) electrons. The van der Waals surface area contributed by atoms with Gasteiger partial charge in [-0.15, -0.1) is 11.3 Å². The van der Waals surface area contributed by atoms with Gasteiger partial charge in [-0.05, 0) is 74.2 Å². The molecule has 1 saturated heterocycles. The maximum atomic E-state index is 14.4. The quantitative estimate of drug-likeness (QED) is 0.138. The van der Waals surface area contributed by atoms with Gasteiger partial charge in [0.2, 0.25) is 0 Å². The van der Waals surface area contributed by atoms with Gasteiger partial charge in [-0.3, -0.25) is 0 Å². The Hall–Kier alpha value is -3.36. The summed E-state index contributed by atoms with van der Waals surface area (Å²) in [6.45, 7) is 4.04. The SMILES string of the molecule is COCOC1(c2ncc(-c3c(Cl)cnc4c3cc(-c3ccc(OCC5COCCO5)cc3)n4S(=O)(=O)c3ccc(C)cc3)s2)CCC1. The molecule has 10 nitrogen and oxygen atoms in total. The van der Waals surface area contributed by atoms with Gasteiger partial charge >= 0.3 is 0 Å². The third-order valence-electron chi connectivity index (χ3n) is 8.53. The molecule has 47 heavy (non-hydrogen) atoms. The van der Waals surface area contributed by atoms with Crippen LogP contribution in [0, 0.1) is 6.92 Å². The molecule has 2 aliphatic rings. The van der Waals surface area contributed by atoms with E-state index in [-0.39, 0.29) is 23.4 Å². The normalized spacial score (nSPS) is 17.9. The first-order chi connectivity index (χ1) is 22.8. The third-order valence-corrected chi connectivity index (χ3v) is 11.7. The van der Waals surface area contributed by atoms with E-state index in [2.05, 4.69) is 4.98 Å². The van der Waals surface area contributed by atoms with Crippen molar-refractivity contribution in [3.8, 4) is 27.4 Å². The molecule has 0 spiro atoms. The number of aryl methyl sites for hydroxylation is 1. The van der Waals surface area contributed by atoms with Crippen LogP contribution in [0.1, 0.15) is 29.8 Å². The molecule has 246 valence electrons. The van der Waals surface area contributed by atoms with Gasteiger partial charge in [0.1, 0.15) is 35.9 Å². The fourth-order valence-electron chi connectivity index (χ4n) is 5.84. The molecule has 0 amide bonds. The van der Waals surface area contributed by atoms with Crippen molar-refractivity contribution in [2.75, 3.05) is 40.3 Å². The van der Waals surface area contributed by atoms with Crippen LogP contribution in [0.25, 0.3) is 32.7 Å². The van der Waals surface area contributed by atoms with Crippen molar-refractivity contribution >= 4 is 44.0 Å². The fraction of sp³-hybridized carbons (Fsp3) is 0.353. The second-order valence-electron chi connectivity index (χ2n) is 11.7. The van der Waals surface area contributed by atoms with Crippen molar-refractivity contribution in [3.63, 3.8) is 0 Å². The van der Waals surface area contributed by atoms with Crippen molar-refractivity contribution in [3.05, 3.63) is 82.6 Å². The topological polar surface area (TPSA) is 111 Å². The molecular formula is C34H34ClN3O7S2. The molecular weight excluding hydrogens is 662 g/mol. The largest absolute Gasteiger partial charge is 0.491 e. The van der Waals surface area contributed by atoms with Crippen molar-refractivity contribution in [1.82, 2.24) is 13.9 Å². The van der Waals surface area contributed by atoms with Gasteiger partial charge in [0.05, 0.1) is 40.3 Å². The first-order valence-corrected chi connectivity index (χ1v) is 18.0. The Bertz CT molecular complexity index is 1980. The van der Waals surface area contributed by atoms with Crippen LogP contribution < -0.4 is 4.74 Å². The van der Waals surface area contributed by atoms with Gasteiger partial charge in [-0.1, -0.05) is 29.3 Å². The van der Waals surface area contributed by atoms with E-state index in [4.69, 9.17) is 40.3 Å². The highest BCUT2D eigenvalue weighted by atomic mass is 35.5. The molecule has 0 N–H and O–H groups in total. The fourth-order valence-corrected chi connectivity index (χ4v) is 8.82. The second-order valence-corrected chi connectivity index (χ2v) is 14.9. The molecule has 1 aliphatic heterocycles. The average Bonchev–Trinajstić information content (AvgIpc) is 3.71. The number of aromatic nitrogens is 3. The zero-order valence-electron chi connectivity index (χ0n) is 26.0. The maximum Gasteiger partial charge on any atom is 0.269 e. The van der Waals surface area contributed by atoms with E-state index in [0.717, 1.165) is 34.7 Å². The van der Waals surface area contributed by atoms with Gasteiger partial charge in [0.15, 0.2) is 5.65 Å². The molecule has 2 fully saturated rings. The average molecular weight is 696 g/mol. The van der Waals surface area contributed by atoms with Crippen molar-refractivity contribution in [2.45, 2.75) is 42.8 Å². The Balaban J connectivity index is 1.33. The Morgan fingerprint density at radius 2 is 1.85 bits per heavy atom. The Kier molecular flexibility index (Phi) is 9.09. The van der Waals surface area contributed by atoms with E-state index in [1.165, 1.54) is 21.5 Å². The highest BCUT2D eigenvalue weighted by Gasteiger charge is 2.43. The molecule has 7 rings (SSSR count). The van der Waals surface area contributed by atoms with Crippen LogP contribution in [0.2, 0.25) is 5.02 Å². The number of hydrogen-bond donors (Lipinski definition) is 0. The zero-order valence-corrected chi connectivity index (χ0v) is 28.4. The van der Waals surface area contributed by atoms with Crippen molar-refractivity contribution in [2.24, 2.45) is 0 Å². The number of fused-ring (bicyclic) bond motifs is 1. The molecule has 0 bridgehead atoms. The molecule has 13 heteroatoms. The van der Waals surface area contributed by atoms with E-state index < -0.39 is 15.6 Å². The van der Waals surface area contributed by atoms with E-state index in [9.17, 15) is 8.42 Å². The number of pyridine rings is 1. The van der Waals surface area contributed by atoms with Crippen LogP contribution >= 0.6 is 22.9 Å². The molecule has 1 saturated carbocycles. The van der Waals surface area contributed by atoms with E-state index in [0.29, 0.717) is 59.4 Å². The van der Waals surface area contributed by atoms with Gasteiger partial charge in [0.25, 0.3) is 10.0 Å². The number of methoxy groups -OCH3 is 1. The standard InChI is InChI=1S/C34H34ClN3O7S2/c1-22-4-10-26(11-5-22)47(39,40)38-29(23-6-8-24(9-7-23)44-20-25-19-42-14-15-43-25)16-27-31(28(35)17-36-32(27)38)30-18-37-33(46-30)34(12-3-13-34)45-21-41-2/h4-11,16-18,25H,3,12-15,19-21H2,1-2H3. The van der Waals surface area contributed by atoms with Crippen LogP contribution in [0.15, 0.2) is 71.9 Å². The summed E-state index contributed by atoms with van der Waals surface area (Å²) in [4.78, 5) is 10.3. The number of benzene rings is 2. The lowest BCUT2D eigenvalue weighted by molar-refractivity contribution is -0.171. The summed E-state index contributed by atoms with van der Waals surface area (Å²) < 4.78 is 58.4. The highest BCUT2D eigenvalue weighted by Crippen LogP contribution is 2.49. The summed E-state index contributed by atoms with van der Waals surface area (Å²) in [6.07, 6.45) is 5.86. The van der Waals surface area contributed by atoms with Crippen molar-refractivity contribution < 1.29 is 32.1 Å². The smallest absolute Gasteiger partial charge is 0.269 e. The van der Waals surface area contributed by atoms with Crippen molar-refractivity contribution in [1.29, 1.82) is 0 Å². The van der Waals surface area contributed by atoms with Crippen LogP contribution in [-0.4, -0.2) is 68.8 Å². The minimum Gasteiger partial charge on any atom is -0.491 e. The van der Waals surface area contributed by atoms with Gasteiger partial charge < -0.3 is 23.7 Å². The summed E-state index contributed by atoms with van der Waals surface area (Å²) in [7, 11) is -2.48. The molecule has 1 atom stereocenters. The molecule has 1 aliphatic carbocycles. The van der Waals surface area contributed by atoms with E-state index in [1.807, 2.05) is 37.3 Å². The number of ether oxygens (including phenoxy) is 5.